The smallest absolute Gasteiger partial charge is 0.335 e. The van der Waals surface area contributed by atoms with Crippen molar-refractivity contribution in [2.24, 2.45) is 0 Å². The minimum absolute atomic E-state index is 0.00436. The number of alkyl halides is 3. The summed E-state index contributed by atoms with van der Waals surface area (Å²) >= 11 is 0. The molecule has 1 aromatic heterocycles. The first-order valence-electron chi connectivity index (χ1n) is 13.4. The minimum Gasteiger partial charge on any atom is -0.489 e. The van der Waals surface area contributed by atoms with Gasteiger partial charge in [0, 0.05) is 66.9 Å². The molecule has 216 valence electrons. The van der Waals surface area contributed by atoms with Crippen molar-refractivity contribution in [3.05, 3.63) is 64.4 Å². The molecule has 2 aliphatic heterocycles. The van der Waals surface area contributed by atoms with Gasteiger partial charge >= 0.3 is 5.97 Å². The predicted octanol–water partition coefficient (Wildman–Crippen LogP) is 5.95. The third-order valence-corrected chi connectivity index (χ3v) is 7.78. The fraction of sp³-hybridized carbons (Fsp3) is 0.483. The molecule has 11 heteroatoms. The normalized spacial score (nSPS) is 22.1. The number of aromatic nitrogens is 1. The van der Waals surface area contributed by atoms with Gasteiger partial charge in [0.15, 0.2) is 0 Å². The van der Waals surface area contributed by atoms with Crippen molar-refractivity contribution in [3.8, 4) is 5.75 Å². The fourth-order valence-electron chi connectivity index (χ4n) is 6.04. The van der Waals surface area contributed by atoms with Crippen LogP contribution < -0.4 is 4.74 Å². The fourth-order valence-corrected chi connectivity index (χ4v) is 6.04. The van der Waals surface area contributed by atoms with Gasteiger partial charge in [-0.2, -0.15) is 0 Å². The SMILES string of the molecule is C[C@@H]1Cc2c([nH]c3cc(C(=O)O)ccc23)[C@@H](c2c(F)cc(O[C@H]3CCN(CCCF)C3)cc2F)N1CC(C)(F)F. The molecule has 0 unspecified atom stereocenters. The number of ether oxygens (including phenoxy) is 1. The van der Waals surface area contributed by atoms with Crippen LogP contribution in [-0.4, -0.2) is 76.8 Å². The van der Waals surface area contributed by atoms with Gasteiger partial charge in [-0.25, -0.2) is 22.4 Å². The first kappa shape index (κ1) is 28.4. The van der Waals surface area contributed by atoms with E-state index in [-0.39, 0.29) is 23.0 Å². The van der Waals surface area contributed by atoms with E-state index in [1.807, 2.05) is 4.90 Å². The summed E-state index contributed by atoms with van der Waals surface area (Å²) in [5, 5.41) is 10.1. The monoisotopic (exact) mass is 565 g/mol. The Morgan fingerprint density at radius 3 is 2.58 bits per heavy atom. The van der Waals surface area contributed by atoms with Crippen molar-refractivity contribution < 1.29 is 36.6 Å². The van der Waals surface area contributed by atoms with E-state index in [0.29, 0.717) is 61.1 Å². The van der Waals surface area contributed by atoms with Gasteiger partial charge in [0.05, 0.1) is 24.8 Å². The van der Waals surface area contributed by atoms with Gasteiger partial charge < -0.3 is 14.8 Å². The van der Waals surface area contributed by atoms with Crippen molar-refractivity contribution in [1.29, 1.82) is 0 Å². The highest BCUT2D eigenvalue weighted by molar-refractivity contribution is 5.95. The Kier molecular flexibility index (Phi) is 7.80. The number of hydrogen-bond donors (Lipinski definition) is 2. The number of aromatic carboxylic acids is 1. The molecule has 1 fully saturated rings. The highest BCUT2D eigenvalue weighted by atomic mass is 19.3. The van der Waals surface area contributed by atoms with Gasteiger partial charge in [0.2, 0.25) is 0 Å². The van der Waals surface area contributed by atoms with Gasteiger partial charge in [-0.1, -0.05) is 6.07 Å². The van der Waals surface area contributed by atoms with Gasteiger partial charge in [0.25, 0.3) is 5.92 Å². The van der Waals surface area contributed by atoms with Crippen LogP contribution in [0.15, 0.2) is 30.3 Å². The maximum Gasteiger partial charge on any atom is 0.335 e. The van der Waals surface area contributed by atoms with E-state index >= 15 is 8.78 Å². The van der Waals surface area contributed by atoms with Crippen LogP contribution in [0.3, 0.4) is 0 Å². The molecular weight excluding hydrogens is 533 g/mol. The molecule has 2 aliphatic rings. The number of H-pyrrole nitrogens is 1. The zero-order valence-corrected chi connectivity index (χ0v) is 22.3. The molecule has 6 nitrogen and oxygen atoms in total. The summed E-state index contributed by atoms with van der Waals surface area (Å²) in [6, 6.07) is 4.96. The van der Waals surface area contributed by atoms with Crippen LogP contribution in [0.25, 0.3) is 10.9 Å². The number of rotatable bonds is 9. The van der Waals surface area contributed by atoms with Crippen LogP contribution in [0.2, 0.25) is 0 Å². The molecule has 2 N–H and O–H groups in total. The third-order valence-electron chi connectivity index (χ3n) is 7.78. The van der Waals surface area contributed by atoms with Gasteiger partial charge in [-0.05, 0) is 43.9 Å². The van der Waals surface area contributed by atoms with Crippen molar-refractivity contribution in [2.45, 2.75) is 57.2 Å². The molecule has 0 radical (unpaired) electrons. The summed E-state index contributed by atoms with van der Waals surface area (Å²) in [6.07, 6.45) is 1.07. The second-order valence-corrected chi connectivity index (χ2v) is 11.0. The molecule has 0 bridgehead atoms. The Bertz CT molecular complexity index is 1380. The summed E-state index contributed by atoms with van der Waals surface area (Å²) in [6.45, 7) is 3.13. The molecule has 3 atom stereocenters. The van der Waals surface area contributed by atoms with Crippen LogP contribution in [-0.2, 0) is 6.42 Å². The number of carbonyl (C=O) groups is 1. The predicted molar refractivity (Wildman–Crippen MR) is 140 cm³/mol. The molecule has 0 amide bonds. The Labute approximate surface area is 228 Å². The van der Waals surface area contributed by atoms with Crippen LogP contribution in [0.5, 0.6) is 5.75 Å². The summed E-state index contributed by atoms with van der Waals surface area (Å²) < 4.78 is 78.6. The van der Waals surface area contributed by atoms with Crippen molar-refractivity contribution in [1.82, 2.24) is 14.8 Å². The number of aromatic amines is 1. The van der Waals surface area contributed by atoms with Crippen molar-refractivity contribution >= 4 is 16.9 Å². The average molecular weight is 566 g/mol. The number of nitrogens with one attached hydrogen (secondary N) is 1. The third kappa shape index (κ3) is 5.67. The van der Waals surface area contributed by atoms with Crippen LogP contribution in [0.4, 0.5) is 22.0 Å². The van der Waals surface area contributed by atoms with E-state index in [0.717, 1.165) is 19.1 Å². The molecule has 5 rings (SSSR count). The Morgan fingerprint density at radius 2 is 1.93 bits per heavy atom. The molecule has 1 saturated heterocycles. The summed E-state index contributed by atoms with van der Waals surface area (Å²) in [5.74, 6) is -6.13. The lowest BCUT2D eigenvalue weighted by Crippen LogP contribution is -2.47. The van der Waals surface area contributed by atoms with Gasteiger partial charge in [0.1, 0.15) is 23.5 Å². The number of likely N-dealkylation sites (tertiary alicyclic amines) is 1. The molecule has 3 heterocycles. The second kappa shape index (κ2) is 11.0. The number of halogens is 5. The van der Waals surface area contributed by atoms with Crippen LogP contribution in [0, 0.1) is 11.6 Å². The van der Waals surface area contributed by atoms with Crippen LogP contribution in [0.1, 0.15) is 59.9 Å². The Morgan fingerprint density at radius 1 is 1.20 bits per heavy atom. The molecule has 40 heavy (non-hydrogen) atoms. The van der Waals surface area contributed by atoms with E-state index < -0.39 is 48.8 Å². The molecule has 0 aliphatic carbocycles. The summed E-state index contributed by atoms with van der Waals surface area (Å²) in [4.78, 5) is 18.0. The lowest BCUT2D eigenvalue weighted by Gasteiger charge is -2.42. The van der Waals surface area contributed by atoms with E-state index in [2.05, 4.69) is 4.98 Å². The molecule has 3 aromatic rings. The highest BCUT2D eigenvalue weighted by Gasteiger charge is 2.42. The first-order valence-corrected chi connectivity index (χ1v) is 13.4. The summed E-state index contributed by atoms with van der Waals surface area (Å²) in [7, 11) is 0. The van der Waals surface area contributed by atoms with E-state index in [1.54, 1.807) is 13.0 Å². The first-order chi connectivity index (χ1) is 18.9. The molecular formula is C29H32F5N3O3. The molecule has 0 spiro atoms. The quantitative estimate of drug-likeness (QED) is 0.314. The van der Waals surface area contributed by atoms with Gasteiger partial charge in [-0.3, -0.25) is 14.2 Å². The number of fused-ring (bicyclic) bond motifs is 3. The second-order valence-electron chi connectivity index (χ2n) is 11.0. The lowest BCUT2D eigenvalue weighted by molar-refractivity contribution is -0.0374. The number of carboxylic acid groups (broad SMARTS) is 1. The largest absolute Gasteiger partial charge is 0.489 e. The van der Waals surface area contributed by atoms with Crippen molar-refractivity contribution in [2.75, 3.05) is 32.9 Å². The topological polar surface area (TPSA) is 68.8 Å². The average Bonchev–Trinajstić information content (AvgIpc) is 3.46. The number of benzene rings is 2. The van der Waals surface area contributed by atoms with E-state index in [4.69, 9.17) is 4.74 Å². The maximum absolute atomic E-state index is 15.8. The zero-order chi connectivity index (χ0) is 28.8. The summed E-state index contributed by atoms with van der Waals surface area (Å²) in [5.41, 5.74) is 1.16. The standard InChI is InChI=1S/C29H32F5N3O3/c1-16-10-21-20-5-4-17(28(38)39)11-24(20)35-26(21)27(37(16)15-29(2,33)34)25-22(31)12-19(13-23(25)32)40-18-6-9-36(14-18)8-3-7-30/h4-5,11-13,16,18,27,35H,3,6-10,14-15H2,1-2H3,(H,38,39)/t16-,18+,27-/m1/s1. The Hall–Kier alpha value is -3.18. The molecule has 2 aromatic carbocycles. The maximum atomic E-state index is 15.8. The minimum atomic E-state index is -3.14. The molecule has 0 saturated carbocycles. The zero-order valence-electron chi connectivity index (χ0n) is 22.3. The highest BCUT2D eigenvalue weighted by Crippen LogP contribution is 2.44. The van der Waals surface area contributed by atoms with Crippen molar-refractivity contribution in [3.63, 3.8) is 0 Å². The lowest BCUT2D eigenvalue weighted by atomic mass is 9.87. The number of nitrogens with zero attached hydrogens (tertiary/aromatic N) is 2. The van der Waals surface area contributed by atoms with Gasteiger partial charge in [-0.15, -0.1) is 0 Å². The van der Waals surface area contributed by atoms with Crippen LogP contribution >= 0.6 is 0 Å². The van der Waals surface area contributed by atoms with E-state index in [9.17, 15) is 23.1 Å². The number of carboxylic acids is 1. The Balaban J connectivity index is 1.53. The number of hydrogen-bond acceptors (Lipinski definition) is 4. The van der Waals surface area contributed by atoms with E-state index in [1.165, 1.54) is 17.0 Å².